The monoisotopic (exact) mass is 290 g/mol. The van der Waals surface area contributed by atoms with Crippen LogP contribution in [0.15, 0.2) is 54.9 Å². The Morgan fingerprint density at radius 3 is 2.47 bits per heavy atom. The predicted molar refractivity (Wildman–Crippen MR) is 72.6 cm³/mol. The van der Waals surface area contributed by atoms with Crippen LogP contribution in [0.5, 0.6) is 5.75 Å². The zero-order chi connectivity index (χ0) is 11.0. The van der Waals surface area contributed by atoms with E-state index in [-0.39, 0.29) is 22.7 Å². The van der Waals surface area contributed by atoms with Crippen molar-refractivity contribution >= 4 is 22.6 Å². The van der Waals surface area contributed by atoms with Gasteiger partial charge in [-0.25, -0.2) is 4.98 Å². The Morgan fingerprint density at radius 1 is 1.00 bits per heavy atom. The highest BCUT2D eigenvalue weighted by molar-refractivity contribution is 8.93. The third kappa shape index (κ3) is 2.17. The van der Waals surface area contributed by atoms with E-state index >= 15 is 0 Å². The first-order chi connectivity index (χ1) is 7.83. The van der Waals surface area contributed by atoms with Crippen LogP contribution in [0.4, 0.5) is 0 Å². The van der Waals surface area contributed by atoms with Crippen LogP contribution in [-0.4, -0.2) is 14.5 Å². The van der Waals surface area contributed by atoms with E-state index in [1.165, 1.54) is 0 Å². The lowest BCUT2D eigenvalue weighted by Gasteiger charge is -1.95. The zero-order valence-corrected chi connectivity index (χ0v) is 10.7. The summed E-state index contributed by atoms with van der Waals surface area (Å²) in [6, 6.07) is 12.9. The third-order valence-electron chi connectivity index (χ3n) is 2.53. The quantitative estimate of drug-likeness (QED) is 0.747. The number of nitrogens with zero attached hydrogens (tertiary/aromatic N) is 2. The second-order valence-corrected chi connectivity index (χ2v) is 3.64. The first-order valence-electron chi connectivity index (χ1n) is 5.06. The molecule has 0 amide bonds. The summed E-state index contributed by atoms with van der Waals surface area (Å²) in [5, 5.41) is 9.22. The lowest BCUT2D eigenvalue weighted by Crippen LogP contribution is -1.77. The molecular weight excluding hydrogens is 280 g/mol. The number of hydrogen-bond donors (Lipinski definition) is 1. The van der Waals surface area contributed by atoms with Crippen LogP contribution in [0.3, 0.4) is 0 Å². The summed E-state index contributed by atoms with van der Waals surface area (Å²) in [6.45, 7) is 0. The number of benzene rings is 1. The van der Waals surface area contributed by atoms with Crippen molar-refractivity contribution in [2.75, 3.05) is 0 Å². The molecule has 3 nitrogen and oxygen atoms in total. The van der Waals surface area contributed by atoms with E-state index in [9.17, 15) is 5.11 Å². The number of pyridine rings is 1. The molecular formula is C13H11BrN2O. The van der Waals surface area contributed by atoms with Crippen molar-refractivity contribution in [3.05, 3.63) is 54.9 Å². The summed E-state index contributed by atoms with van der Waals surface area (Å²) in [5.41, 5.74) is 2.83. The number of halogens is 1. The molecule has 0 aliphatic carbocycles. The van der Waals surface area contributed by atoms with Gasteiger partial charge in [-0.3, -0.25) is 0 Å². The van der Waals surface area contributed by atoms with Crippen LogP contribution in [0.2, 0.25) is 0 Å². The van der Waals surface area contributed by atoms with Crippen LogP contribution < -0.4 is 0 Å². The standard InChI is InChI=1S/C13H10N2O.BrH/c16-11-6-4-10(5-7-11)12-9-15-8-2-1-3-13(15)14-12;/h1-9,16H;1H. The molecule has 86 valence electrons. The molecule has 1 N–H and O–H groups in total. The number of phenols is 1. The van der Waals surface area contributed by atoms with E-state index in [1.54, 1.807) is 12.1 Å². The van der Waals surface area contributed by atoms with Gasteiger partial charge in [0.1, 0.15) is 11.4 Å². The molecule has 0 atom stereocenters. The number of phenolic OH excluding ortho intramolecular Hbond substituents is 1. The fourth-order valence-corrected chi connectivity index (χ4v) is 1.71. The maximum Gasteiger partial charge on any atom is 0.137 e. The molecule has 3 aromatic rings. The molecule has 17 heavy (non-hydrogen) atoms. The van der Waals surface area contributed by atoms with E-state index < -0.39 is 0 Å². The van der Waals surface area contributed by atoms with E-state index in [4.69, 9.17) is 0 Å². The lowest BCUT2D eigenvalue weighted by molar-refractivity contribution is 0.475. The van der Waals surface area contributed by atoms with Crippen LogP contribution in [0, 0.1) is 0 Å². The molecule has 1 aromatic carbocycles. The number of aromatic hydroxyl groups is 1. The third-order valence-corrected chi connectivity index (χ3v) is 2.53. The van der Waals surface area contributed by atoms with Gasteiger partial charge in [0.25, 0.3) is 0 Å². The maximum absolute atomic E-state index is 9.22. The Morgan fingerprint density at radius 2 is 1.76 bits per heavy atom. The SMILES string of the molecule is Br.Oc1ccc(-c2cn3ccccc3n2)cc1. The highest BCUT2D eigenvalue weighted by Gasteiger charge is 2.03. The Hall–Kier alpha value is -1.81. The van der Waals surface area contributed by atoms with Crippen molar-refractivity contribution < 1.29 is 5.11 Å². The maximum atomic E-state index is 9.22. The summed E-state index contributed by atoms with van der Waals surface area (Å²) in [6.07, 6.45) is 3.94. The van der Waals surface area contributed by atoms with E-state index in [1.807, 2.05) is 47.1 Å². The van der Waals surface area contributed by atoms with Gasteiger partial charge in [0.2, 0.25) is 0 Å². The van der Waals surface area contributed by atoms with Gasteiger partial charge in [-0.15, -0.1) is 17.0 Å². The van der Waals surface area contributed by atoms with Crippen molar-refractivity contribution in [3.8, 4) is 17.0 Å². The number of rotatable bonds is 1. The summed E-state index contributed by atoms with van der Waals surface area (Å²) in [5.74, 6) is 0.271. The molecule has 0 unspecified atom stereocenters. The van der Waals surface area contributed by atoms with Crippen molar-refractivity contribution in [2.24, 2.45) is 0 Å². The molecule has 4 heteroatoms. The molecule has 0 aliphatic rings. The van der Waals surface area contributed by atoms with Crippen molar-refractivity contribution in [1.29, 1.82) is 0 Å². The minimum absolute atomic E-state index is 0. The van der Waals surface area contributed by atoms with Crippen molar-refractivity contribution in [3.63, 3.8) is 0 Å². The van der Waals surface area contributed by atoms with E-state index in [2.05, 4.69) is 4.98 Å². The Labute approximate surface area is 109 Å². The number of hydrogen-bond acceptors (Lipinski definition) is 2. The van der Waals surface area contributed by atoms with E-state index in [0.29, 0.717) is 0 Å². The van der Waals surface area contributed by atoms with Gasteiger partial charge in [-0.1, -0.05) is 6.07 Å². The average Bonchev–Trinajstić information content (AvgIpc) is 2.73. The molecule has 0 saturated heterocycles. The lowest BCUT2D eigenvalue weighted by atomic mass is 10.2. The van der Waals surface area contributed by atoms with Gasteiger partial charge in [0.05, 0.1) is 5.69 Å². The minimum atomic E-state index is 0. The Bertz CT molecular complexity index is 598. The normalized spacial score (nSPS) is 10.1. The van der Waals surface area contributed by atoms with Crippen LogP contribution >= 0.6 is 17.0 Å². The van der Waals surface area contributed by atoms with Gasteiger partial charge < -0.3 is 9.51 Å². The Balaban J connectivity index is 0.00000108. The molecule has 0 radical (unpaired) electrons. The number of imidazole rings is 1. The number of fused-ring (bicyclic) bond motifs is 1. The summed E-state index contributed by atoms with van der Waals surface area (Å²) < 4.78 is 1.97. The second kappa shape index (κ2) is 4.59. The highest BCUT2D eigenvalue weighted by Crippen LogP contribution is 2.21. The summed E-state index contributed by atoms with van der Waals surface area (Å²) >= 11 is 0. The molecule has 0 bridgehead atoms. The molecule has 0 aliphatic heterocycles. The summed E-state index contributed by atoms with van der Waals surface area (Å²) in [4.78, 5) is 4.49. The topological polar surface area (TPSA) is 37.5 Å². The molecule has 0 spiro atoms. The highest BCUT2D eigenvalue weighted by atomic mass is 79.9. The fourth-order valence-electron chi connectivity index (χ4n) is 1.71. The first-order valence-corrected chi connectivity index (χ1v) is 5.06. The van der Waals surface area contributed by atoms with Crippen molar-refractivity contribution in [2.45, 2.75) is 0 Å². The van der Waals surface area contributed by atoms with Crippen LogP contribution in [0.25, 0.3) is 16.9 Å². The molecule has 0 fully saturated rings. The average molecular weight is 291 g/mol. The molecule has 0 saturated carbocycles. The molecule has 3 rings (SSSR count). The largest absolute Gasteiger partial charge is 0.508 e. The van der Waals surface area contributed by atoms with Gasteiger partial charge >= 0.3 is 0 Å². The van der Waals surface area contributed by atoms with Gasteiger partial charge in [0.15, 0.2) is 0 Å². The number of aromatic nitrogens is 2. The summed E-state index contributed by atoms with van der Waals surface area (Å²) in [7, 11) is 0. The second-order valence-electron chi connectivity index (χ2n) is 3.64. The smallest absolute Gasteiger partial charge is 0.137 e. The molecule has 2 aromatic heterocycles. The van der Waals surface area contributed by atoms with Crippen LogP contribution in [0.1, 0.15) is 0 Å². The minimum Gasteiger partial charge on any atom is -0.508 e. The predicted octanol–water partition coefficient (Wildman–Crippen LogP) is 3.28. The Kier molecular flexibility index (Phi) is 3.15. The van der Waals surface area contributed by atoms with E-state index in [0.717, 1.165) is 16.9 Å². The van der Waals surface area contributed by atoms with Crippen molar-refractivity contribution in [1.82, 2.24) is 9.38 Å². The zero-order valence-electron chi connectivity index (χ0n) is 8.95. The fraction of sp³-hybridized carbons (Fsp3) is 0. The van der Waals surface area contributed by atoms with Gasteiger partial charge in [-0.05, 0) is 36.4 Å². The molecule has 2 heterocycles. The van der Waals surface area contributed by atoms with Gasteiger partial charge in [-0.2, -0.15) is 0 Å². The first kappa shape index (κ1) is 11.7. The van der Waals surface area contributed by atoms with Gasteiger partial charge in [0, 0.05) is 18.0 Å². The van der Waals surface area contributed by atoms with Crippen LogP contribution in [-0.2, 0) is 0 Å².